The predicted molar refractivity (Wildman–Crippen MR) is 129 cm³/mol. The van der Waals surface area contributed by atoms with Gasteiger partial charge in [-0.2, -0.15) is 0 Å². The van der Waals surface area contributed by atoms with E-state index in [1.165, 1.54) is 5.56 Å². The number of rotatable bonds is 7. The Hall–Kier alpha value is -3.41. The minimum atomic E-state index is -0.465. The van der Waals surface area contributed by atoms with Crippen LogP contribution >= 0.6 is 0 Å². The van der Waals surface area contributed by atoms with Gasteiger partial charge in [0.1, 0.15) is 16.9 Å². The van der Waals surface area contributed by atoms with Crippen LogP contribution in [-0.2, 0) is 4.74 Å². The van der Waals surface area contributed by atoms with Gasteiger partial charge in [0, 0.05) is 5.69 Å². The summed E-state index contributed by atoms with van der Waals surface area (Å²) in [6, 6.07) is 15.8. The monoisotopic (exact) mass is 430 g/mol. The normalized spacial score (nSPS) is 13.4. The fourth-order valence-electron chi connectivity index (χ4n) is 3.72. The first-order valence-electron chi connectivity index (χ1n) is 11.3. The largest absolute Gasteiger partial charge is 0.462 e. The molecule has 0 aliphatic heterocycles. The maximum atomic E-state index is 13.1. The number of esters is 1. The quantitative estimate of drug-likeness (QED) is 0.371. The summed E-state index contributed by atoms with van der Waals surface area (Å²) in [5, 5.41) is 0. The molecule has 32 heavy (non-hydrogen) atoms. The first kappa shape index (κ1) is 21.8. The Morgan fingerprint density at radius 2 is 1.66 bits per heavy atom. The van der Waals surface area contributed by atoms with Crippen LogP contribution in [0.4, 0.5) is 5.82 Å². The van der Waals surface area contributed by atoms with Crippen LogP contribution in [0.3, 0.4) is 0 Å². The lowest BCUT2D eigenvalue weighted by Crippen LogP contribution is -2.13. The summed E-state index contributed by atoms with van der Waals surface area (Å²) >= 11 is 0. The number of anilines is 1. The van der Waals surface area contributed by atoms with Gasteiger partial charge in [-0.05, 0) is 48.1 Å². The lowest BCUT2D eigenvalue weighted by molar-refractivity contribution is 0.0450. The van der Waals surface area contributed by atoms with Crippen LogP contribution in [0, 0.1) is 5.92 Å². The van der Waals surface area contributed by atoms with Gasteiger partial charge in [0.05, 0.1) is 17.6 Å². The molecule has 0 unspecified atom stereocenters. The third kappa shape index (κ3) is 3.93. The summed E-state index contributed by atoms with van der Waals surface area (Å²) < 4.78 is 7.40. The topological polar surface area (TPSA) is 83.0 Å². The van der Waals surface area contributed by atoms with Crippen LogP contribution in [0.1, 0.15) is 62.4 Å². The zero-order chi connectivity index (χ0) is 22.8. The summed E-state index contributed by atoms with van der Waals surface area (Å²) in [6.07, 6.45) is 2.00. The van der Waals surface area contributed by atoms with Gasteiger partial charge in [0.25, 0.3) is 0 Å². The maximum Gasteiger partial charge on any atom is 0.344 e. The average molecular weight is 431 g/mol. The highest BCUT2D eigenvalue weighted by Crippen LogP contribution is 2.32. The molecule has 0 aliphatic carbocycles. The molecule has 166 valence electrons. The molecule has 4 aromatic rings. The number of nitrogen functional groups attached to an aromatic ring is 1. The summed E-state index contributed by atoms with van der Waals surface area (Å²) in [4.78, 5) is 22.6. The van der Waals surface area contributed by atoms with E-state index in [-0.39, 0.29) is 11.5 Å². The predicted octanol–water partition coefficient (Wildman–Crippen LogP) is 5.87. The van der Waals surface area contributed by atoms with Crippen molar-refractivity contribution in [1.29, 1.82) is 0 Å². The highest BCUT2D eigenvalue weighted by atomic mass is 16.5. The van der Waals surface area contributed by atoms with E-state index in [2.05, 4.69) is 32.9 Å². The molecule has 4 rings (SSSR count). The van der Waals surface area contributed by atoms with Crippen molar-refractivity contribution in [2.24, 2.45) is 5.92 Å². The molecular weight excluding hydrogens is 400 g/mol. The Kier molecular flexibility index (Phi) is 6.12. The summed E-state index contributed by atoms with van der Waals surface area (Å²) in [5.41, 5.74) is 11.4. The van der Waals surface area contributed by atoms with Gasteiger partial charge in [-0.1, -0.05) is 58.4 Å². The van der Waals surface area contributed by atoms with E-state index >= 15 is 0 Å². The lowest BCUT2D eigenvalue weighted by atomic mass is 9.99. The molecule has 0 saturated heterocycles. The number of carbonyl (C=O) groups is 1. The van der Waals surface area contributed by atoms with E-state index < -0.39 is 5.97 Å². The number of ether oxygens (including phenoxy) is 1. The summed E-state index contributed by atoms with van der Waals surface area (Å²) in [5.74, 6) is 0.569. The van der Waals surface area contributed by atoms with Crippen molar-refractivity contribution in [2.75, 3.05) is 12.3 Å². The molecule has 2 aromatic carbocycles. The molecule has 0 fully saturated rings. The molecule has 6 heteroatoms. The molecule has 2 aromatic heterocycles. The van der Waals surface area contributed by atoms with Gasteiger partial charge >= 0.3 is 5.97 Å². The number of carbonyl (C=O) groups excluding carboxylic acids is 1. The first-order valence-corrected chi connectivity index (χ1v) is 11.3. The van der Waals surface area contributed by atoms with Gasteiger partial charge in [0.2, 0.25) is 0 Å². The molecule has 2 heterocycles. The Morgan fingerprint density at radius 1 is 1.00 bits per heavy atom. The van der Waals surface area contributed by atoms with Crippen molar-refractivity contribution in [2.45, 2.75) is 46.5 Å². The van der Waals surface area contributed by atoms with E-state index in [0.717, 1.165) is 24.0 Å². The lowest BCUT2D eigenvalue weighted by Gasteiger charge is -2.12. The van der Waals surface area contributed by atoms with Crippen LogP contribution in [0.15, 0.2) is 48.5 Å². The molecule has 2 atom stereocenters. The Bertz CT molecular complexity index is 1260. The smallest absolute Gasteiger partial charge is 0.344 e. The molecule has 0 saturated carbocycles. The van der Waals surface area contributed by atoms with Crippen molar-refractivity contribution in [3.05, 3.63) is 59.7 Å². The molecule has 0 radical (unpaired) electrons. The number of benzene rings is 2. The fourth-order valence-corrected chi connectivity index (χ4v) is 3.72. The van der Waals surface area contributed by atoms with Crippen molar-refractivity contribution >= 4 is 34.0 Å². The van der Waals surface area contributed by atoms with Gasteiger partial charge in [-0.3, -0.25) is 4.57 Å². The van der Waals surface area contributed by atoms with E-state index in [4.69, 9.17) is 20.4 Å². The van der Waals surface area contributed by atoms with E-state index in [9.17, 15) is 4.79 Å². The number of aromatic nitrogens is 3. The van der Waals surface area contributed by atoms with Gasteiger partial charge in [-0.15, -0.1) is 0 Å². The SMILES string of the molecule is CC[C@@H](C)COC(=O)c1c(N)n(-c2ccc([C@@H](C)CC)cc2)c2nc3ccccc3nc12. The van der Waals surface area contributed by atoms with E-state index in [1.54, 1.807) is 4.57 Å². The number of para-hydroxylation sites is 2. The number of hydrogen-bond acceptors (Lipinski definition) is 5. The highest BCUT2D eigenvalue weighted by molar-refractivity contribution is 6.09. The number of nitrogens with zero attached hydrogens (tertiary/aromatic N) is 3. The van der Waals surface area contributed by atoms with E-state index in [0.29, 0.717) is 35.0 Å². The zero-order valence-electron chi connectivity index (χ0n) is 19.1. The van der Waals surface area contributed by atoms with Crippen molar-refractivity contribution < 1.29 is 9.53 Å². The number of nitrogens with two attached hydrogens (primary N) is 1. The average Bonchev–Trinajstić information content (AvgIpc) is 3.10. The summed E-state index contributed by atoms with van der Waals surface area (Å²) in [6.45, 7) is 8.84. The Morgan fingerprint density at radius 3 is 2.28 bits per heavy atom. The van der Waals surface area contributed by atoms with Gasteiger partial charge in [-0.25, -0.2) is 14.8 Å². The highest BCUT2D eigenvalue weighted by Gasteiger charge is 2.26. The van der Waals surface area contributed by atoms with Crippen LogP contribution in [-0.4, -0.2) is 27.1 Å². The minimum absolute atomic E-state index is 0.271. The van der Waals surface area contributed by atoms with Crippen LogP contribution in [0.2, 0.25) is 0 Å². The first-order chi connectivity index (χ1) is 15.4. The van der Waals surface area contributed by atoms with Crippen LogP contribution < -0.4 is 5.73 Å². The van der Waals surface area contributed by atoms with Crippen molar-refractivity contribution in [3.8, 4) is 5.69 Å². The minimum Gasteiger partial charge on any atom is -0.462 e. The number of hydrogen-bond donors (Lipinski definition) is 1. The van der Waals surface area contributed by atoms with Gasteiger partial charge < -0.3 is 10.5 Å². The van der Waals surface area contributed by atoms with Crippen molar-refractivity contribution in [3.63, 3.8) is 0 Å². The third-order valence-electron chi connectivity index (χ3n) is 6.23. The molecule has 0 amide bonds. The maximum absolute atomic E-state index is 13.1. The zero-order valence-corrected chi connectivity index (χ0v) is 19.1. The molecule has 0 bridgehead atoms. The molecule has 0 aliphatic rings. The van der Waals surface area contributed by atoms with Gasteiger partial charge in [0.15, 0.2) is 5.65 Å². The van der Waals surface area contributed by atoms with Crippen LogP contribution in [0.5, 0.6) is 0 Å². The van der Waals surface area contributed by atoms with Crippen molar-refractivity contribution in [1.82, 2.24) is 14.5 Å². The summed E-state index contributed by atoms with van der Waals surface area (Å²) in [7, 11) is 0. The number of fused-ring (bicyclic) bond motifs is 2. The van der Waals surface area contributed by atoms with Crippen LogP contribution in [0.25, 0.3) is 27.9 Å². The fraction of sp³-hybridized carbons (Fsp3) is 0.346. The molecule has 0 spiro atoms. The standard InChI is InChI=1S/C26H30N4O2/c1-5-16(3)15-32-26(31)22-23-25(29-21-10-8-7-9-20(21)28-23)30(24(22)27)19-13-11-18(12-14-19)17(4)6-2/h7-14,16-17H,5-6,15,27H2,1-4H3/t16-,17+/m1/s1. The molecule has 6 nitrogen and oxygen atoms in total. The van der Waals surface area contributed by atoms with E-state index in [1.807, 2.05) is 43.3 Å². The third-order valence-corrected chi connectivity index (χ3v) is 6.23. The second-order valence-electron chi connectivity index (χ2n) is 8.49. The second-order valence-corrected chi connectivity index (χ2v) is 8.49. The molecular formula is C26H30N4O2. The Balaban J connectivity index is 1.89. The molecule has 2 N–H and O–H groups in total. The Labute approximate surface area is 188 Å². The second kappa shape index (κ2) is 8.99.